The van der Waals surface area contributed by atoms with Crippen LogP contribution in [0.25, 0.3) is 26.6 Å². The van der Waals surface area contributed by atoms with E-state index in [2.05, 4.69) is 45.8 Å². The summed E-state index contributed by atoms with van der Waals surface area (Å²) < 4.78 is 0. The Morgan fingerprint density at radius 2 is 1.97 bits per heavy atom. The van der Waals surface area contributed by atoms with Crippen LogP contribution in [0.15, 0.2) is 71.2 Å². The Kier molecular flexibility index (Phi) is 5.27. The van der Waals surface area contributed by atoms with Crippen LogP contribution in [0, 0.1) is 6.92 Å². The fraction of sp³-hybridized carbons (Fsp3) is 0.0870. The van der Waals surface area contributed by atoms with Crippen molar-refractivity contribution < 1.29 is 9.90 Å². The number of hydrogen-bond donors (Lipinski definition) is 2. The molecule has 1 aliphatic rings. The largest absolute Gasteiger partial charge is 0.478 e. The van der Waals surface area contributed by atoms with Crippen LogP contribution in [-0.4, -0.2) is 21.0 Å². The van der Waals surface area contributed by atoms with E-state index in [1.165, 1.54) is 26.0 Å². The number of carboxylic acids is 1. The van der Waals surface area contributed by atoms with E-state index in [1.807, 2.05) is 17.5 Å². The second kappa shape index (κ2) is 8.22. The molecule has 0 bridgehead atoms. The van der Waals surface area contributed by atoms with Gasteiger partial charge in [-0.25, -0.2) is 9.78 Å². The quantitative estimate of drug-likeness (QED) is 0.380. The molecule has 0 aromatic carbocycles. The van der Waals surface area contributed by atoms with Gasteiger partial charge in [0.25, 0.3) is 0 Å². The number of carboxylic acid groups (broad SMARTS) is 1. The summed E-state index contributed by atoms with van der Waals surface area (Å²) in [6.45, 7) is 2.11. The maximum Gasteiger partial charge on any atom is 0.335 e. The van der Waals surface area contributed by atoms with Crippen molar-refractivity contribution in [1.29, 1.82) is 0 Å². The Labute approximate surface area is 191 Å². The zero-order valence-corrected chi connectivity index (χ0v) is 18.9. The molecule has 5 heterocycles. The number of thiazole rings is 1. The third-order valence-corrected chi connectivity index (χ3v) is 7.86. The van der Waals surface area contributed by atoms with E-state index in [0.717, 1.165) is 16.1 Å². The van der Waals surface area contributed by atoms with Gasteiger partial charge in [0, 0.05) is 32.4 Å². The molecule has 1 aliphatic heterocycles. The number of nitrogens with zero attached hydrogens (tertiary/aromatic N) is 2. The lowest BCUT2D eigenvalue weighted by Gasteiger charge is -2.22. The van der Waals surface area contributed by atoms with Crippen molar-refractivity contribution in [2.24, 2.45) is 0 Å². The van der Waals surface area contributed by atoms with E-state index in [0.29, 0.717) is 11.4 Å². The highest BCUT2D eigenvalue weighted by atomic mass is 32.1. The van der Waals surface area contributed by atoms with E-state index in [-0.39, 0.29) is 11.6 Å². The summed E-state index contributed by atoms with van der Waals surface area (Å²) in [7, 11) is 0. The molecule has 0 fully saturated rings. The van der Waals surface area contributed by atoms with E-state index < -0.39 is 5.97 Å². The Balaban J connectivity index is 1.48. The van der Waals surface area contributed by atoms with Crippen LogP contribution in [0.3, 0.4) is 0 Å². The van der Waals surface area contributed by atoms with Crippen molar-refractivity contribution in [3.63, 3.8) is 0 Å². The normalized spacial score (nSPS) is 15.8. The number of thiophene rings is 2. The molecule has 4 aromatic heterocycles. The van der Waals surface area contributed by atoms with Crippen molar-refractivity contribution in [2.45, 2.75) is 13.0 Å². The summed E-state index contributed by atoms with van der Waals surface area (Å²) in [5, 5.41) is 17.8. The molecule has 5 rings (SSSR count). The fourth-order valence-corrected chi connectivity index (χ4v) is 5.92. The zero-order valence-electron chi connectivity index (χ0n) is 16.4. The van der Waals surface area contributed by atoms with Crippen LogP contribution in [0.5, 0.6) is 0 Å². The average Bonchev–Trinajstić information content (AvgIpc) is 3.55. The molecule has 0 aliphatic carbocycles. The van der Waals surface area contributed by atoms with Gasteiger partial charge in [-0.3, -0.25) is 4.98 Å². The molecule has 154 valence electrons. The van der Waals surface area contributed by atoms with E-state index in [1.54, 1.807) is 47.2 Å². The van der Waals surface area contributed by atoms with Crippen LogP contribution in [0.1, 0.15) is 21.6 Å². The standard InChI is InChI=1S/C23H17N3O2S3/c1-13-2-3-20(31-13)21-11-16(12-30-21)14-4-5-24-17(8-14)18-9-15(23(27)28)10-19(26-18)22-25-6-7-29-22/h2-12,19,26H,1H3,(H,27,28). The molecule has 0 spiro atoms. The van der Waals surface area contributed by atoms with Crippen molar-refractivity contribution in [1.82, 2.24) is 15.3 Å². The van der Waals surface area contributed by atoms with Gasteiger partial charge in [0.2, 0.25) is 0 Å². The number of aliphatic carboxylic acids is 1. The minimum atomic E-state index is -0.967. The highest BCUT2D eigenvalue weighted by Crippen LogP contribution is 2.37. The van der Waals surface area contributed by atoms with E-state index in [9.17, 15) is 9.90 Å². The van der Waals surface area contributed by atoms with Gasteiger partial charge in [-0.2, -0.15) is 0 Å². The van der Waals surface area contributed by atoms with Crippen LogP contribution in [-0.2, 0) is 4.79 Å². The van der Waals surface area contributed by atoms with Gasteiger partial charge >= 0.3 is 5.97 Å². The molecule has 31 heavy (non-hydrogen) atoms. The van der Waals surface area contributed by atoms with Gasteiger partial charge in [0.05, 0.1) is 23.0 Å². The van der Waals surface area contributed by atoms with Crippen LogP contribution in [0.4, 0.5) is 0 Å². The van der Waals surface area contributed by atoms with Crippen LogP contribution >= 0.6 is 34.0 Å². The number of rotatable bonds is 5. The van der Waals surface area contributed by atoms with Crippen molar-refractivity contribution in [3.8, 4) is 20.9 Å². The smallest absolute Gasteiger partial charge is 0.335 e. The molecule has 2 N–H and O–H groups in total. The van der Waals surface area contributed by atoms with Gasteiger partial charge in [-0.15, -0.1) is 34.0 Å². The first kappa shape index (κ1) is 19.9. The number of carbonyl (C=O) groups is 1. The molecule has 5 nitrogen and oxygen atoms in total. The second-order valence-electron chi connectivity index (χ2n) is 7.02. The summed E-state index contributed by atoms with van der Waals surface area (Å²) in [6.07, 6.45) is 6.79. The zero-order chi connectivity index (χ0) is 21.4. The van der Waals surface area contributed by atoms with Gasteiger partial charge in [0.15, 0.2) is 0 Å². The summed E-state index contributed by atoms with van der Waals surface area (Å²) >= 11 is 5.00. The van der Waals surface area contributed by atoms with Crippen LogP contribution in [0.2, 0.25) is 0 Å². The molecule has 0 saturated heterocycles. The maximum absolute atomic E-state index is 11.7. The molecule has 8 heteroatoms. The Hall–Kier alpha value is -3.07. The van der Waals surface area contributed by atoms with Gasteiger partial charge in [0.1, 0.15) is 5.01 Å². The monoisotopic (exact) mass is 463 g/mol. The topological polar surface area (TPSA) is 75.1 Å². The second-order valence-corrected chi connectivity index (χ2v) is 10.1. The highest BCUT2D eigenvalue weighted by molar-refractivity contribution is 7.21. The van der Waals surface area contributed by atoms with Crippen molar-refractivity contribution >= 4 is 45.7 Å². The molecule has 1 atom stereocenters. The molecular formula is C23H17N3O2S3. The Bertz CT molecular complexity index is 1320. The number of aryl methyl sites for hydroxylation is 1. The van der Waals surface area contributed by atoms with E-state index >= 15 is 0 Å². The minimum Gasteiger partial charge on any atom is -0.478 e. The first-order valence-corrected chi connectivity index (χ1v) is 12.1. The predicted octanol–water partition coefficient (Wildman–Crippen LogP) is 6.00. The number of aromatic nitrogens is 2. The van der Waals surface area contributed by atoms with E-state index in [4.69, 9.17) is 0 Å². The summed E-state index contributed by atoms with van der Waals surface area (Å²) in [6, 6.07) is 10.2. The Morgan fingerprint density at radius 1 is 1.06 bits per heavy atom. The van der Waals surface area contributed by atoms with Crippen molar-refractivity contribution in [2.75, 3.05) is 0 Å². The lowest BCUT2D eigenvalue weighted by molar-refractivity contribution is -0.132. The molecule has 4 aromatic rings. The molecular weight excluding hydrogens is 446 g/mol. The maximum atomic E-state index is 11.7. The third kappa shape index (κ3) is 4.10. The first-order valence-electron chi connectivity index (χ1n) is 9.52. The minimum absolute atomic E-state index is 0.229. The number of pyridine rings is 1. The molecule has 0 radical (unpaired) electrons. The SMILES string of the molecule is Cc1ccc(-c2cc(-c3ccnc(C4=CC(C(=O)O)=CC(c5nccs5)N4)c3)cs2)s1. The predicted molar refractivity (Wildman–Crippen MR) is 127 cm³/mol. The summed E-state index contributed by atoms with van der Waals surface area (Å²) in [5.41, 5.74) is 3.77. The average molecular weight is 464 g/mol. The van der Waals surface area contributed by atoms with Gasteiger partial charge < -0.3 is 10.4 Å². The van der Waals surface area contributed by atoms with Crippen molar-refractivity contribution in [3.05, 3.63) is 86.8 Å². The summed E-state index contributed by atoms with van der Waals surface area (Å²) in [5.74, 6) is -0.967. The number of nitrogens with one attached hydrogen (secondary N) is 1. The fourth-order valence-electron chi connectivity index (χ4n) is 3.38. The van der Waals surface area contributed by atoms with Crippen LogP contribution < -0.4 is 5.32 Å². The lowest BCUT2D eigenvalue weighted by atomic mass is 10.0. The van der Waals surface area contributed by atoms with Gasteiger partial charge in [-0.1, -0.05) is 0 Å². The molecule has 1 unspecified atom stereocenters. The first-order chi connectivity index (χ1) is 15.1. The van der Waals surface area contributed by atoms with Gasteiger partial charge in [-0.05, 0) is 65.9 Å². The molecule has 0 saturated carbocycles. The highest BCUT2D eigenvalue weighted by Gasteiger charge is 2.22. The number of dihydropyridines is 1. The molecule has 0 amide bonds. The number of hydrogen-bond acceptors (Lipinski definition) is 7. The third-order valence-electron chi connectivity index (χ3n) is 4.87. The lowest BCUT2D eigenvalue weighted by Crippen LogP contribution is -2.24. The Morgan fingerprint density at radius 3 is 2.71 bits per heavy atom. The summed E-state index contributed by atoms with van der Waals surface area (Å²) in [4.78, 5) is 24.3.